The van der Waals surface area contributed by atoms with E-state index in [2.05, 4.69) is 10.3 Å². The minimum absolute atomic E-state index is 0.0472. The molecule has 0 bridgehead atoms. The third-order valence-electron chi connectivity index (χ3n) is 5.35. The van der Waals surface area contributed by atoms with Crippen LogP contribution >= 0.6 is 0 Å². The third kappa shape index (κ3) is 3.76. The van der Waals surface area contributed by atoms with Crippen molar-refractivity contribution in [2.75, 3.05) is 29.4 Å². The molecule has 1 N–H and O–H groups in total. The van der Waals surface area contributed by atoms with Crippen molar-refractivity contribution < 1.29 is 18.0 Å². The quantitative estimate of drug-likeness (QED) is 0.848. The van der Waals surface area contributed by atoms with Gasteiger partial charge in [0.2, 0.25) is 0 Å². The molecular weight excluding hydrogens is 369 g/mol. The molecule has 2 aromatic rings. The number of aromatic nitrogens is 1. The van der Waals surface area contributed by atoms with Crippen LogP contribution in [0.2, 0.25) is 0 Å². The number of nitrogens with zero attached hydrogens (tertiary/aromatic N) is 3. The number of anilines is 2. The fourth-order valence-electron chi connectivity index (χ4n) is 3.80. The molecule has 2 amide bonds. The van der Waals surface area contributed by atoms with Crippen LogP contribution in [-0.2, 0) is 12.6 Å². The van der Waals surface area contributed by atoms with Gasteiger partial charge in [0.1, 0.15) is 5.82 Å². The fourth-order valence-corrected chi connectivity index (χ4v) is 3.80. The summed E-state index contributed by atoms with van der Waals surface area (Å²) in [5.74, 6) is 0.534. The van der Waals surface area contributed by atoms with E-state index in [0.29, 0.717) is 25.5 Å². The molecule has 28 heavy (non-hydrogen) atoms. The van der Waals surface area contributed by atoms with E-state index in [4.69, 9.17) is 0 Å². The van der Waals surface area contributed by atoms with E-state index >= 15 is 0 Å². The zero-order valence-electron chi connectivity index (χ0n) is 15.2. The van der Waals surface area contributed by atoms with E-state index in [0.717, 1.165) is 37.2 Å². The molecule has 0 unspecified atom stereocenters. The number of pyridine rings is 1. The first-order valence-corrected chi connectivity index (χ1v) is 9.36. The molecule has 0 saturated carbocycles. The first kappa shape index (κ1) is 18.6. The van der Waals surface area contributed by atoms with Gasteiger partial charge in [-0.25, -0.2) is 9.78 Å². The summed E-state index contributed by atoms with van der Waals surface area (Å²) in [5.41, 5.74) is 1.40. The maximum absolute atomic E-state index is 12.7. The number of hydrogen-bond acceptors (Lipinski definition) is 3. The molecule has 4 rings (SSSR count). The standard InChI is InChI=1S/C20H21F3N4O/c21-20(22,23)15-5-6-18(24-13-15)26-10-8-16(9-11-26)25-19(28)27-12-7-14-3-1-2-4-17(14)27/h1-6,13,16H,7-12H2,(H,25,28). The number of carbonyl (C=O) groups is 1. The first-order valence-electron chi connectivity index (χ1n) is 9.36. The SMILES string of the molecule is O=C(NC1CCN(c2ccc(C(F)(F)F)cn2)CC1)N1CCc2ccccc21. The molecule has 2 aliphatic rings. The topological polar surface area (TPSA) is 48.5 Å². The number of benzene rings is 1. The number of urea groups is 1. The van der Waals surface area contributed by atoms with E-state index in [-0.39, 0.29) is 12.1 Å². The van der Waals surface area contributed by atoms with E-state index in [1.54, 1.807) is 4.90 Å². The van der Waals surface area contributed by atoms with Gasteiger partial charge in [0.15, 0.2) is 0 Å². The van der Waals surface area contributed by atoms with Crippen molar-refractivity contribution in [3.8, 4) is 0 Å². The summed E-state index contributed by atoms with van der Waals surface area (Å²) < 4.78 is 38.0. The van der Waals surface area contributed by atoms with Gasteiger partial charge in [-0.3, -0.25) is 4.90 Å². The molecule has 0 spiro atoms. The second-order valence-corrected chi connectivity index (χ2v) is 7.14. The van der Waals surface area contributed by atoms with Crippen LogP contribution in [-0.4, -0.2) is 36.7 Å². The van der Waals surface area contributed by atoms with Crippen LogP contribution in [0.5, 0.6) is 0 Å². The molecule has 5 nitrogen and oxygen atoms in total. The first-order chi connectivity index (χ1) is 13.4. The van der Waals surface area contributed by atoms with Crippen molar-refractivity contribution in [1.82, 2.24) is 10.3 Å². The summed E-state index contributed by atoms with van der Waals surface area (Å²) in [7, 11) is 0. The van der Waals surface area contributed by atoms with Crippen LogP contribution in [0.1, 0.15) is 24.0 Å². The average molecular weight is 390 g/mol. The summed E-state index contributed by atoms with van der Waals surface area (Å²) in [6, 6.07) is 10.3. The Bertz CT molecular complexity index is 845. The Hall–Kier alpha value is -2.77. The highest BCUT2D eigenvalue weighted by Gasteiger charge is 2.31. The van der Waals surface area contributed by atoms with E-state index in [9.17, 15) is 18.0 Å². The Morgan fingerprint density at radius 2 is 1.82 bits per heavy atom. The maximum atomic E-state index is 12.7. The maximum Gasteiger partial charge on any atom is 0.417 e. The highest BCUT2D eigenvalue weighted by Crippen LogP contribution is 2.30. The average Bonchev–Trinajstić information content (AvgIpc) is 3.12. The Kier molecular flexibility index (Phi) is 4.87. The molecule has 1 aromatic carbocycles. The summed E-state index contributed by atoms with van der Waals surface area (Å²) in [6.45, 7) is 1.96. The summed E-state index contributed by atoms with van der Waals surface area (Å²) in [6.07, 6.45) is -1.19. The lowest BCUT2D eigenvalue weighted by Gasteiger charge is -2.34. The number of carbonyl (C=O) groups excluding carboxylic acids is 1. The second-order valence-electron chi connectivity index (χ2n) is 7.14. The number of fused-ring (bicyclic) bond motifs is 1. The van der Waals surface area contributed by atoms with Crippen LogP contribution in [0, 0.1) is 0 Å². The number of piperidine rings is 1. The van der Waals surface area contributed by atoms with Crippen molar-refractivity contribution in [3.05, 3.63) is 53.7 Å². The Balaban J connectivity index is 1.32. The third-order valence-corrected chi connectivity index (χ3v) is 5.35. The number of rotatable bonds is 2. The van der Waals surface area contributed by atoms with Crippen LogP contribution in [0.4, 0.5) is 29.5 Å². The van der Waals surface area contributed by atoms with Crippen LogP contribution < -0.4 is 15.1 Å². The number of amides is 2. The van der Waals surface area contributed by atoms with E-state index in [1.807, 2.05) is 29.2 Å². The van der Waals surface area contributed by atoms with Crippen LogP contribution in [0.25, 0.3) is 0 Å². The minimum atomic E-state index is -4.38. The molecule has 148 valence electrons. The predicted molar refractivity (Wildman–Crippen MR) is 100 cm³/mol. The number of halogens is 3. The molecule has 2 aliphatic heterocycles. The van der Waals surface area contributed by atoms with Gasteiger partial charge in [-0.1, -0.05) is 18.2 Å². The van der Waals surface area contributed by atoms with Gasteiger partial charge in [-0.15, -0.1) is 0 Å². The van der Waals surface area contributed by atoms with Crippen LogP contribution in [0.3, 0.4) is 0 Å². The lowest BCUT2D eigenvalue weighted by atomic mass is 10.1. The van der Waals surface area contributed by atoms with Gasteiger partial charge >= 0.3 is 12.2 Å². The summed E-state index contributed by atoms with van der Waals surface area (Å²) in [5, 5.41) is 3.09. The van der Waals surface area contributed by atoms with Crippen LogP contribution in [0.15, 0.2) is 42.6 Å². The number of alkyl halides is 3. The minimum Gasteiger partial charge on any atom is -0.356 e. The molecule has 1 fully saturated rings. The fraction of sp³-hybridized carbons (Fsp3) is 0.400. The Morgan fingerprint density at radius 3 is 2.50 bits per heavy atom. The molecule has 1 aromatic heterocycles. The van der Waals surface area contributed by atoms with Gasteiger partial charge in [0, 0.05) is 37.6 Å². The van der Waals surface area contributed by atoms with Gasteiger partial charge in [0.05, 0.1) is 5.56 Å². The Morgan fingerprint density at radius 1 is 1.07 bits per heavy atom. The second kappa shape index (κ2) is 7.33. The van der Waals surface area contributed by atoms with E-state index in [1.165, 1.54) is 11.6 Å². The van der Waals surface area contributed by atoms with Gasteiger partial charge in [-0.2, -0.15) is 13.2 Å². The van der Waals surface area contributed by atoms with Crippen molar-refractivity contribution in [3.63, 3.8) is 0 Å². The summed E-state index contributed by atoms with van der Waals surface area (Å²) in [4.78, 5) is 20.3. The molecular formula is C20H21F3N4O. The van der Waals surface area contributed by atoms with Gasteiger partial charge in [0.25, 0.3) is 0 Å². The van der Waals surface area contributed by atoms with Gasteiger partial charge < -0.3 is 10.2 Å². The van der Waals surface area contributed by atoms with E-state index < -0.39 is 11.7 Å². The molecule has 0 aliphatic carbocycles. The van der Waals surface area contributed by atoms with Crippen molar-refractivity contribution in [2.24, 2.45) is 0 Å². The number of nitrogens with one attached hydrogen (secondary N) is 1. The largest absolute Gasteiger partial charge is 0.417 e. The summed E-state index contributed by atoms with van der Waals surface area (Å²) >= 11 is 0. The lowest BCUT2D eigenvalue weighted by Crippen LogP contribution is -2.49. The molecule has 3 heterocycles. The van der Waals surface area contributed by atoms with Crippen molar-refractivity contribution in [2.45, 2.75) is 31.5 Å². The van der Waals surface area contributed by atoms with Crippen molar-refractivity contribution >= 4 is 17.5 Å². The normalized spacial score (nSPS) is 17.5. The monoisotopic (exact) mass is 390 g/mol. The highest BCUT2D eigenvalue weighted by atomic mass is 19.4. The molecule has 1 saturated heterocycles. The van der Waals surface area contributed by atoms with Gasteiger partial charge in [-0.05, 0) is 43.0 Å². The Labute approximate surface area is 161 Å². The molecule has 0 radical (unpaired) electrons. The lowest BCUT2D eigenvalue weighted by molar-refractivity contribution is -0.137. The molecule has 8 heteroatoms. The molecule has 0 atom stereocenters. The predicted octanol–water partition coefficient (Wildman–Crippen LogP) is 3.84. The highest BCUT2D eigenvalue weighted by molar-refractivity contribution is 5.94. The number of para-hydroxylation sites is 1. The zero-order chi connectivity index (χ0) is 19.7. The smallest absolute Gasteiger partial charge is 0.356 e. The van der Waals surface area contributed by atoms with Crippen molar-refractivity contribution in [1.29, 1.82) is 0 Å². The zero-order valence-corrected chi connectivity index (χ0v) is 15.2. The number of hydrogen-bond donors (Lipinski definition) is 1.